The molecule has 4 heterocycles. The first-order valence-electron chi connectivity index (χ1n) is 28.8. The standard InChI is InChI=1S/C62H66N2O24/c1-35(76-29-45-30-77-45)27-80-52(65)19-21-54(67)85-43-13-7-39(8-14-43)59(71)87-50-17-11-41(25-48(50)61(73)82-33-46-31-78-46)63-57(69)37-3-5-38(6-4-37)58(70)64-42-12-18-51(49(26-42)62(74)83-34-47-32-79-47)88-60(72)40-9-15-44(16-10-40)86-55(68)22-20-53(66)81-28-36(2)84-56-23-24-75-56/h7-18,25-26,35-38,45-47,56H,3-6,19-24,27-34H2,1-2H3,(H,63,69)(H,64,70)/t35?,36?,37-,38-,45?,46?,47?,56?. The third-order valence-electron chi connectivity index (χ3n) is 14.1. The molecule has 5 fully saturated rings. The van der Waals surface area contributed by atoms with Crippen LogP contribution in [0, 0.1) is 11.8 Å². The van der Waals surface area contributed by atoms with E-state index in [-0.39, 0.29) is 157 Å². The molecule has 6 atom stereocenters. The predicted octanol–water partition coefficient (Wildman–Crippen LogP) is 6.03. The number of anilines is 2. The molecule has 26 nitrogen and oxygen atoms in total. The van der Waals surface area contributed by atoms with Crippen molar-refractivity contribution in [3.05, 3.63) is 107 Å². The van der Waals surface area contributed by atoms with Crippen LogP contribution in [0.3, 0.4) is 0 Å². The number of hydrogen-bond acceptors (Lipinski definition) is 24. The van der Waals surface area contributed by atoms with Crippen LogP contribution in [0.5, 0.6) is 23.0 Å². The second-order valence-corrected chi connectivity index (χ2v) is 21.3. The number of nitrogens with one attached hydrogen (secondary N) is 2. The van der Waals surface area contributed by atoms with Gasteiger partial charge in [0.25, 0.3) is 0 Å². The van der Waals surface area contributed by atoms with Crippen LogP contribution in [0.4, 0.5) is 11.4 Å². The molecule has 0 radical (unpaired) electrons. The molecule has 0 bridgehead atoms. The van der Waals surface area contributed by atoms with E-state index in [1.54, 1.807) is 13.8 Å². The molecule has 1 aliphatic carbocycles. The Kier molecular flexibility index (Phi) is 22.3. The van der Waals surface area contributed by atoms with Gasteiger partial charge in [-0.05, 0) is 124 Å². The van der Waals surface area contributed by atoms with Crippen LogP contribution in [-0.4, -0.2) is 156 Å². The van der Waals surface area contributed by atoms with E-state index in [1.165, 1.54) is 84.9 Å². The monoisotopic (exact) mass is 1220 g/mol. The van der Waals surface area contributed by atoms with Gasteiger partial charge >= 0.3 is 47.8 Å². The summed E-state index contributed by atoms with van der Waals surface area (Å²) >= 11 is 0. The lowest BCUT2D eigenvalue weighted by Crippen LogP contribution is -2.34. The van der Waals surface area contributed by atoms with Crippen molar-refractivity contribution in [1.82, 2.24) is 0 Å². The van der Waals surface area contributed by atoms with Crippen LogP contribution < -0.4 is 29.6 Å². The summed E-state index contributed by atoms with van der Waals surface area (Å²) < 4.78 is 74.7. The first-order valence-corrected chi connectivity index (χ1v) is 28.8. The first-order chi connectivity index (χ1) is 42.5. The number of ether oxygens (including phenoxy) is 14. The third-order valence-corrected chi connectivity index (χ3v) is 14.1. The highest BCUT2D eigenvalue weighted by molar-refractivity contribution is 6.01. The van der Waals surface area contributed by atoms with Crippen LogP contribution in [0.15, 0.2) is 84.9 Å². The smallest absolute Gasteiger partial charge is 0.343 e. The van der Waals surface area contributed by atoms with Gasteiger partial charge in [-0.1, -0.05) is 0 Å². The number of hydrogen-bond donors (Lipinski definition) is 2. The minimum atomic E-state index is -0.868. The molecule has 0 aromatic heterocycles. The summed E-state index contributed by atoms with van der Waals surface area (Å²) in [5.41, 5.74) is 0.142. The molecule has 2 amide bonds. The van der Waals surface area contributed by atoms with Crippen molar-refractivity contribution < 1.29 is 114 Å². The zero-order chi connectivity index (χ0) is 62.1. The van der Waals surface area contributed by atoms with E-state index in [0.717, 1.165) is 6.42 Å². The van der Waals surface area contributed by atoms with E-state index < -0.39 is 59.6 Å². The lowest BCUT2D eigenvalue weighted by atomic mass is 9.81. The molecule has 1 saturated carbocycles. The van der Waals surface area contributed by atoms with Gasteiger partial charge in [0.1, 0.15) is 78.9 Å². The third kappa shape index (κ3) is 20.2. The Morgan fingerprint density at radius 2 is 0.852 bits per heavy atom. The largest absolute Gasteiger partial charge is 0.463 e. The summed E-state index contributed by atoms with van der Waals surface area (Å²) in [5, 5.41) is 5.64. The number of rotatable bonds is 31. The topological polar surface area (TPSA) is 334 Å². The Morgan fingerprint density at radius 3 is 1.25 bits per heavy atom. The minimum Gasteiger partial charge on any atom is -0.463 e. The fraction of sp³-hybridized carbons (Fsp3) is 0.452. The molecule has 6 unspecified atom stereocenters. The van der Waals surface area contributed by atoms with Gasteiger partial charge in [0.2, 0.25) is 11.8 Å². The summed E-state index contributed by atoms with van der Waals surface area (Å²) in [7, 11) is 0. The average molecular weight is 1220 g/mol. The molecule has 4 aromatic carbocycles. The van der Waals surface area contributed by atoms with Crippen molar-refractivity contribution in [1.29, 1.82) is 0 Å². The normalized spacial score (nSPS) is 20.2. The van der Waals surface area contributed by atoms with Gasteiger partial charge in [-0.15, -0.1) is 0 Å². The van der Waals surface area contributed by atoms with Crippen LogP contribution in [0.25, 0.3) is 0 Å². The molecule has 468 valence electrons. The molecule has 9 rings (SSSR count). The van der Waals surface area contributed by atoms with Crippen molar-refractivity contribution in [2.45, 2.75) is 108 Å². The molecule has 26 heteroatoms. The summed E-state index contributed by atoms with van der Waals surface area (Å²) in [4.78, 5) is 130. The fourth-order valence-electron chi connectivity index (χ4n) is 8.72. The Morgan fingerprint density at radius 1 is 0.455 bits per heavy atom. The maximum atomic E-state index is 13.7. The van der Waals surface area contributed by atoms with Crippen molar-refractivity contribution in [2.75, 3.05) is 70.1 Å². The first kappa shape index (κ1) is 63.8. The Labute approximate surface area is 504 Å². The highest BCUT2D eigenvalue weighted by Gasteiger charge is 2.33. The maximum Gasteiger partial charge on any atom is 0.343 e. The Balaban J connectivity index is 0.733. The summed E-state index contributed by atoms with van der Waals surface area (Å²) in [6.07, 6.45) is -0.438. The van der Waals surface area contributed by atoms with Gasteiger partial charge in [-0.25, -0.2) is 19.2 Å². The van der Waals surface area contributed by atoms with Gasteiger partial charge in [-0.3, -0.25) is 28.8 Å². The van der Waals surface area contributed by atoms with E-state index in [9.17, 15) is 47.9 Å². The van der Waals surface area contributed by atoms with E-state index in [2.05, 4.69) is 10.6 Å². The highest BCUT2D eigenvalue weighted by Crippen LogP contribution is 2.34. The highest BCUT2D eigenvalue weighted by atomic mass is 16.7. The van der Waals surface area contributed by atoms with Gasteiger partial charge in [-0.2, -0.15) is 0 Å². The second kappa shape index (κ2) is 30.8. The lowest BCUT2D eigenvalue weighted by Gasteiger charge is -2.29. The number of esters is 8. The van der Waals surface area contributed by atoms with Crippen molar-refractivity contribution in [3.8, 4) is 23.0 Å². The second-order valence-electron chi connectivity index (χ2n) is 21.3. The summed E-state index contributed by atoms with van der Waals surface area (Å²) in [6, 6.07) is 19.0. The SMILES string of the molecule is CC(COC(=O)CCC(=O)Oc1ccc(C(=O)Oc2ccc(NC(=O)[C@H]3CC[C@H](C(=O)Nc4ccc(OC(=O)c5ccc(OC(=O)CCC(=O)OCC(C)OC6CCO6)cc5)c(C(=O)OCC5CO5)c4)CC3)cc2C(=O)OCC2CO2)cc1)OCC1CO1. The number of carbonyl (C=O) groups is 10. The summed E-state index contributed by atoms with van der Waals surface area (Å²) in [6.45, 7) is 5.88. The number of amides is 2. The quantitative estimate of drug-likeness (QED) is 0.0251. The number of benzene rings is 4. The van der Waals surface area contributed by atoms with Gasteiger partial charge in [0.15, 0.2) is 6.29 Å². The molecule has 4 saturated heterocycles. The minimum absolute atomic E-state index is 0.00100. The van der Waals surface area contributed by atoms with E-state index in [0.29, 0.717) is 58.7 Å². The molecule has 5 aliphatic rings. The van der Waals surface area contributed by atoms with Gasteiger partial charge in [0.05, 0.1) is 82.1 Å². The van der Waals surface area contributed by atoms with Crippen LogP contribution >= 0.6 is 0 Å². The predicted molar refractivity (Wildman–Crippen MR) is 300 cm³/mol. The van der Waals surface area contributed by atoms with Gasteiger partial charge < -0.3 is 76.9 Å². The average Bonchev–Trinajstić information content (AvgIpc) is 4.10. The fourth-order valence-corrected chi connectivity index (χ4v) is 8.72. The maximum absolute atomic E-state index is 13.7. The van der Waals surface area contributed by atoms with Crippen LogP contribution in [0.2, 0.25) is 0 Å². The number of epoxide rings is 3. The molecular formula is C62H66N2O24. The summed E-state index contributed by atoms with van der Waals surface area (Å²) in [5.74, 6) is -8.01. The van der Waals surface area contributed by atoms with Crippen molar-refractivity contribution in [2.24, 2.45) is 11.8 Å². The molecule has 4 aromatic rings. The van der Waals surface area contributed by atoms with Crippen LogP contribution in [-0.2, 0) is 76.1 Å². The van der Waals surface area contributed by atoms with E-state index >= 15 is 0 Å². The lowest BCUT2D eigenvalue weighted by molar-refractivity contribution is -0.238. The van der Waals surface area contributed by atoms with Gasteiger partial charge in [0, 0.05) is 29.6 Å². The number of carbonyl (C=O) groups excluding carboxylic acids is 10. The molecule has 2 N–H and O–H groups in total. The molecule has 88 heavy (non-hydrogen) atoms. The van der Waals surface area contributed by atoms with Crippen molar-refractivity contribution in [3.63, 3.8) is 0 Å². The Hall–Kier alpha value is -8.66. The van der Waals surface area contributed by atoms with E-state index in [4.69, 9.17) is 66.3 Å². The zero-order valence-electron chi connectivity index (χ0n) is 48.2. The van der Waals surface area contributed by atoms with E-state index in [1.807, 2.05) is 0 Å². The zero-order valence-corrected chi connectivity index (χ0v) is 48.2. The Bertz CT molecular complexity index is 3180. The van der Waals surface area contributed by atoms with Crippen molar-refractivity contribution >= 4 is 70.9 Å². The van der Waals surface area contributed by atoms with Crippen LogP contribution in [0.1, 0.15) is 113 Å². The molecule has 4 aliphatic heterocycles. The molecule has 0 spiro atoms. The molecular weight excluding hydrogens is 1160 g/mol.